The summed E-state index contributed by atoms with van der Waals surface area (Å²) in [6, 6.07) is 2.41. The third kappa shape index (κ3) is 2.26. The van der Waals surface area contributed by atoms with E-state index in [4.69, 9.17) is 10.00 Å². The summed E-state index contributed by atoms with van der Waals surface area (Å²) in [4.78, 5) is 0. The second kappa shape index (κ2) is 4.77. The largest absolute Gasteiger partial charge is 0.381 e. The number of rotatable bonds is 2. The highest BCUT2D eigenvalue weighted by molar-refractivity contribution is 4.95. The third-order valence-corrected chi connectivity index (χ3v) is 3.48. The molecule has 3 heteroatoms. The van der Waals surface area contributed by atoms with E-state index in [0.29, 0.717) is 5.92 Å². The van der Waals surface area contributed by atoms with Crippen LogP contribution in [0.25, 0.3) is 0 Å². The molecule has 0 aliphatic carbocycles. The van der Waals surface area contributed by atoms with Crippen molar-refractivity contribution in [1.29, 1.82) is 5.26 Å². The summed E-state index contributed by atoms with van der Waals surface area (Å²) in [5, 5.41) is 12.3. The molecule has 0 amide bonds. The van der Waals surface area contributed by atoms with Gasteiger partial charge in [-0.3, -0.25) is 0 Å². The third-order valence-electron chi connectivity index (χ3n) is 3.48. The van der Waals surface area contributed by atoms with Gasteiger partial charge in [0.15, 0.2) is 0 Å². The zero-order chi connectivity index (χ0) is 9.80. The van der Waals surface area contributed by atoms with Crippen molar-refractivity contribution in [3.63, 3.8) is 0 Å². The van der Waals surface area contributed by atoms with E-state index in [-0.39, 0.29) is 5.92 Å². The lowest BCUT2D eigenvalue weighted by molar-refractivity contribution is 0.0583. The number of hydrogen-bond acceptors (Lipinski definition) is 3. The van der Waals surface area contributed by atoms with Crippen LogP contribution in [0.15, 0.2) is 0 Å². The minimum Gasteiger partial charge on any atom is -0.381 e. The summed E-state index contributed by atoms with van der Waals surface area (Å²) in [6.07, 6.45) is 3.60. The van der Waals surface area contributed by atoms with Crippen molar-refractivity contribution >= 4 is 0 Å². The number of hydrogen-bond donors (Lipinski definition) is 1. The molecule has 1 N–H and O–H groups in total. The van der Waals surface area contributed by atoms with Crippen LogP contribution in [-0.2, 0) is 4.74 Å². The molecule has 0 spiro atoms. The molecular formula is C11H18N2O. The Bertz CT molecular complexity index is 218. The Labute approximate surface area is 85.4 Å². The highest BCUT2D eigenvalue weighted by Crippen LogP contribution is 2.28. The zero-order valence-electron chi connectivity index (χ0n) is 8.54. The smallest absolute Gasteiger partial charge is 0.0672 e. The van der Waals surface area contributed by atoms with Crippen LogP contribution in [0.2, 0.25) is 0 Å². The Morgan fingerprint density at radius 1 is 1.29 bits per heavy atom. The van der Waals surface area contributed by atoms with E-state index in [9.17, 15) is 0 Å². The Morgan fingerprint density at radius 2 is 2.07 bits per heavy atom. The predicted octanol–water partition coefficient (Wildman–Crippen LogP) is 1.16. The van der Waals surface area contributed by atoms with Crippen molar-refractivity contribution < 1.29 is 4.74 Å². The standard InChI is InChI=1S/C11H18N2O/c12-6-11-8-13-7-10(11)5-9-1-3-14-4-2-9/h9-11,13H,1-5,7-8H2/t10-,11-/m0/s1. The van der Waals surface area contributed by atoms with Gasteiger partial charge in [-0.1, -0.05) is 0 Å². The van der Waals surface area contributed by atoms with Gasteiger partial charge in [-0.25, -0.2) is 0 Å². The fourth-order valence-electron chi connectivity index (χ4n) is 2.54. The first-order chi connectivity index (χ1) is 6.90. The van der Waals surface area contributed by atoms with Crippen molar-refractivity contribution in [3.05, 3.63) is 0 Å². The van der Waals surface area contributed by atoms with Crippen molar-refractivity contribution in [2.75, 3.05) is 26.3 Å². The molecule has 0 aromatic heterocycles. The first kappa shape index (κ1) is 9.95. The van der Waals surface area contributed by atoms with Gasteiger partial charge in [0, 0.05) is 19.8 Å². The van der Waals surface area contributed by atoms with E-state index >= 15 is 0 Å². The van der Waals surface area contributed by atoms with Gasteiger partial charge in [-0.2, -0.15) is 5.26 Å². The molecule has 0 saturated carbocycles. The van der Waals surface area contributed by atoms with E-state index in [2.05, 4.69) is 11.4 Å². The molecule has 0 unspecified atom stereocenters. The Hall–Kier alpha value is -0.590. The van der Waals surface area contributed by atoms with Gasteiger partial charge in [0.2, 0.25) is 0 Å². The minimum atomic E-state index is 0.248. The van der Waals surface area contributed by atoms with Crippen molar-refractivity contribution in [2.45, 2.75) is 19.3 Å². The Balaban J connectivity index is 1.81. The van der Waals surface area contributed by atoms with E-state index < -0.39 is 0 Å². The molecule has 2 aliphatic rings. The summed E-state index contributed by atoms with van der Waals surface area (Å²) in [7, 11) is 0. The lowest BCUT2D eigenvalue weighted by Crippen LogP contribution is -2.21. The topological polar surface area (TPSA) is 45.0 Å². The number of nitrogens with zero attached hydrogens (tertiary/aromatic N) is 1. The lowest BCUT2D eigenvalue weighted by atomic mass is 9.84. The average Bonchev–Trinajstić information content (AvgIpc) is 2.67. The van der Waals surface area contributed by atoms with Gasteiger partial charge < -0.3 is 10.1 Å². The van der Waals surface area contributed by atoms with Gasteiger partial charge in [-0.05, 0) is 37.6 Å². The molecule has 2 aliphatic heterocycles. The van der Waals surface area contributed by atoms with E-state index in [1.807, 2.05) is 0 Å². The molecule has 0 radical (unpaired) electrons. The zero-order valence-corrected chi connectivity index (χ0v) is 8.54. The molecule has 0 bridgehead atoms. The second-order valence-electron chi connectivity index (χ2n) is 4.45. The van der Waals surface area contributed by atoms with E-state index in [1.165, 1.54) is 19.3 Å². The summed E-state index contributed by atoms with van der Waals surface area (Å²) in [5.74, 6) is 1.63. The predicted molar refractivity (Wildman–Crippen MR) is 53.6 cm³/mol. The first-order valence-electron chi connectivity index (χ1n) is 5.58. The maximum Gasteiger partial charge on any atom is 0.0672 e. The first-order valence-corrected chi connectivity index (χ1v) is 5.58. The minimum absolute atomic E-state index is 0.248. The van der Waals surface area contributed by atoms with Gasteiger partial charge in [0.05, 0.1) is 12.0 Å². The Kier molecular flexibility index (Phi) is 3.39. The SMILES string of the molecule is N#C[C@H]1CNC[C@@H]1CC1CCOCC1. The van der Waals surface area contributed by atoms with Crippen LogP contribution in [0, 0.1) is 29.1 Å². The molecular weight excluding hydrogens is 176 g/mol. The number of ether oxygens (including phenoxy) is 1. The summed E-state index contributed by atoms with van der Waals surface area (Å²) in [6.45, 7) is 3.77. The van der Waals surface area contributed by atoms with E-state index in [0.717, 1.165) is 32.2 Å². The monoisotopic (exact) mass is 194 g/mol. The van der Waals surface area contributed by atoms with Crippen molar-refractivity contribution in [1.82, 2.24) is 5.32 Å². The molecule has 2 atom stereocenters. The van der Waals surface area contributed by atoms with Crippen LogP contribution in [0.1, 0.15) is 19.3 Å². The number of nitriles is 1. The molecule has 2 saturated heterocycles. The van der Waals surface area contributed by atoms with Crippen LogP contribution in [0.3, 0.4) is 0 Å². The lowest BCUT2D eigenvalue weighted by Gasteiger charge is -2.25. The van der Waals surface area contributed by atoms with Gasteiger partial charge in [0.25, 0.3) is 0 Å². The van der Waals surface area contributed by atoms with Crippen molar-refractivity contribution in [2.24, 2.45) is 17.8 Å². The van der Waals surface area contributed by atoms with Crippen molar-refractivity contribution in [3.8, 4) is 6.07 Å². The molecule has 14 heavy (non-hydrogen) atoms. The molecule has 2 rings (SSSR count). The van der Waals surface area contributed by atoms with Crippen LogP contribution >= 0.6 is 0 Å². The molecule has 0 aromatic carbocycles. The van der Waals surface area contributed by atoms with Crippen LogP contribution in [-0.4, -0.2) is 26.3 Å². The van der Waals surface area contributed by atoms with Gasteiger partial charge >= 0.3 is 0 Å². The molecule has 3 nitrogen and oxygen atoms in total. The summed E-state index contributed by atoms with van der Waals surface area (Å²) >= 11 is 0. The van der Waals surface area contributed by atoms with Crippen LogP contribution < -0.4 is 5.32 Å². The highest BCUT2D eigenvalue weighted by atomic mass is 16.5. The fourth-order valence-corrected chi connectivity index (χ4v) is 2.54. The number of nitrogens with one attached hydrogen (secondary N) is 1. The van der Waals surface area contributed by atoms with Gasteiger partial charge in [-0.15, -0.1) is 0 Å². The average molecular weight is 194 g/mol. The maximum absolute atomic E-state index is 8.95. The highest BCUT2D eigenvalue weighted by Gasteiger charge is 2.29. The molecule has 2 fully saturated rings. The molecule has 0 aromatic rings. The van der Waals surface area contributed by atoms with Crippen LogP contribution in [0.5, 0.6) is 0 Å². The quantitative estimate of drug-likeness (QED) is 0.717. The fraction of sp³-hybridized carbons (Fsp3) is 0.909. The van der Waals surface area contributed by atoms with Crippen LogP contribution in [0.4, 0.5) is 0 Å². The maximum atomic E-state index is 8.95. The van der Waals surface area contributed by atoms with Gasteiger partial charge in [0.1, 0.15) is 0 Å². The second-order valence-corrected chi connectivity index (χ2v) is 4.45. The molecule has 78 valence electrons. The summed E-state index contributed by atoms with van der Waals surface area (Å²) < 4.78 is 5.34. The molecule has 2 heterocycles. The normalized spacial score (nSPS) is 34.2. The van der Waals surface area contributed by atoms with E-state index in [1.54, 1.807) is 0 Å². The summed E-state index contributed by atoms with van der Waals surface area (Å²) in [5.41, 5.74) is 0. The Morgan fingerprint density at radius 3 is 2.79 bits per heavy atom.